The van der Waals surface area contributed by atoms with Crippen LogP contribution in [0.2, 0.25) is 0 Å². The van der Waals surface area contributed by atoms with Gasteiger partial charge in [-0.05, 0) is 233 Å². The Morgan fingerprint density at radius 3 is 0.730 bits per heavy atom. The van der Waals surface area contributed by atoms with Crippen molar-refractivity contribution in [1.82, 2.24) is 27.4 Å². The first kappa shape index (κ1) is 82.5. The molecule has 0 spiro atoms. The standard InChI is InChI=1S/2C59H58N4/c1-56(2,3)37-22-26-48-43(31-37)44-32-38(57(4,5)6)23-27-49(44)62(48)52-30-36(35-60)53-42-20-16-17-21-47(42)61(41-18-14-13-15-19-41)55(53)54(52)63-50-28-24-39(58(7,8)9)33-45(50)46-34-40(59(10,11)12)25-29-51(46)63;1-56(2,3)36-22-26-48-42(30-36)43-31-37(57(4,5)6)23-27-49(43)62(48)52-34-53(55-54(46(52)35-60)41-20-16-17-21-47(41)61(55)40-18-14-13-15-19-40)63-50-28-24-38(58(7,8)9)32-44(50)45-33-39(59(10,11)12)25-29-51(45)63/h2*13-34H,1-12H3. The fourth-order valence-corrected chi connectivity index (χ4v) is 19.7. The van der Waals surface area contributed by atoms with E-state index in [4.69, 9.17) is 0 Å². The van der Waals surface area contributed by atoms with Crippen LogP contribution in [0.25, 0.3) is 165 Å². The van der Waals surface area contributed by atoms with E-state index in [-0.39, 0.29) is 43.3 Å². The summed E-state index contributed by atoms with van der Waals surface area (Å²) in [6.45, 7) is 55.0. The average Bonchev–Trinajstić information content (AvgIpc) is 1.53. The molecule has 20 rings (SSSR count). The van der Waals surface area contributed by atoms with Crippen molar-refractivity contribution >= 4 is 131 Å². The fourth-order valence-electron chi connectivity index (χ4n) is 19.7. The van der Waals surface area contributed by atoms with Gasteiger partial charge in [0.15, 0.2) is 0 Å². The molecule has 0 aliphatic carbocycles. The Bertz CT molecular complexity index is 7720. The number of hydrogen-bond donors (Lipinski definition) is 0. The lowest BCUT2D eigenvalue weighted by atomic mass is 9.85. The second kappa shape index (κ2) is 28.7. The quantitative estimate of drug-likeness (QED) is 0.166. The van der Waals surface area contributed by atoms with Crippen LogP contribution >= 0.6 is 0 Å². The van der Waals surface area contributed by atoms with Gasteiger partial charge in [-0.3, -0.25) is 0 Å². The number of nitriles is 2. The molecule has 14 aromatic carbocycles. The molecule has 126 heavy (non-hydrogen) atoms. The van der Waals surface area contributed by atoms with E-state index in [0.717, 1.165) is 122 Å². The molecule has 0 saturated heterocycles. The molecule has 20 aromatic rings. The number of para-hydroxylation sites is 4. The van der Waals surface area contributed by atoms with Crippen LogP contribution in [0.4, 0.5) is 0 Å². The fraction of sp³-hybridized carbons (Fsp3) is 0.271. The van der Waals surface area contributed by atoms with Gasteiger partial charge in [-0.25, -0.2) is 0 Å². The molecular weight excluding hydrogens is 1530 g/mol. The van der Waals surface area contributed by atoms with Gasteiger partial charge in [0.2, 0.25) is 0 Å². The summed E-state index contributed by atoms with van der Waals surface area (Å²) in [6, 6.07) is 105. The lowest BCUT2D eigenvalue weighted by Gasteiger charge is -2.22. The first-order valence-electron chi connectivity index (χ1n) is 45.0. The van der Waals surface area contributed by atoms with Crippen LogP contribution in [0, 0.1) is 22.7 Å². The van der Waals surface area contributed by atoms with Crippen LogP contribution in [0.3, 0.4) is 0 Å². The van der Waals surface area contributed by atoms with Crippen LogP contribution in [0.1, 0.15) is 222 Å². The third-order valence-electron chi connectivity index (χ3n) is 27.0. The lowest BCUT2D eigenvalue weighted by Crippen LogP contribution is -2.11. The van der Waals surface area contributed by atoms with Gasteiger partial charge in [-0.1, -0.05) is 287 Å². The summed E-state index contributed by atoms with van der Waals surface area (Å²) < 4.78 is 14.6. The normalized spacial score (nSPS) is 13.1. The Kier molecular flexibility index (Phi) is 18.8. The molecule has 0 N–H and O–H groups in total. The molecule has 8 heteroatoms. The van der Waals surface area contributed by atoms with Crippen molar-refractivity contribution in [2.24, 2.45) is 0 Å². The van der Waals surface area contributed by atoms with Crippen LogP contribution in [-0.2, 0) is 43.3 Å². The van der Waals surface area contributed by atoms with Gasteiger partial charge in [0.25, 0.3) is 0 Å². The minimum absolute atomic E-state index is 0.0326. The Morgan fingerprint density at radius 1 is 0.198 bits per heavy atom. The molecule has 628 valence electrons. The smallest absolute Gasteiger partial charge is 0.102 e. The summed E-state index contributed by atoms with van der Waals surface area (Å²) in [7, 11) is 0. The molecule has 8 nitrogen and oxygen atoms in total. The van der Waals surface area contributed by atoms with Gasteiger partial charge in [-0.2, -0.15) is 10.5 Å². The van der Waals surface area contributed by atoms with Gasteiger partial charge >= 0.3 is 0 Å². The molecule has 0 amide bonds. The van der Waals surface area contributed by atoms with E-state index in [9.17, 15) is 10.5 Å². The van der Waals surface area contributed by atoms with E-state index in [2.05, 4.69) is 473 Å². The third kappa shape index (κ3) is 13.3. The zero-order chi connectivity index (χ0) is 89.1. The highest BCUT2D eigenvalue weighted by Crippen LogP contribution is 2.51. The lowest BCUT2D eigenvalue weighted by molar-refractivity contribution is 0.590. The van der Waals surface area contributed by atoms with Crippen molar-refractivity contribution < 1.29 is 0 Å². The average molecular weight is 1650 g/mol. The SMILES string of the molecule is CC(C)(C)c1ccc2c(c1)c1cc(C(C)(C)C)ccc1n2-c1cc(-n2c3ccc(C(C)(C)C)cc3c3cc(C(C)(C)C)ccc32)c2c(c1C#N)c1ccccc1n2-c1ccccc1.CC(C)(C)c1ccc2c(c1)c1cc(C(C)(C)C)ccc1n2-c1cc(C#N)c2c3ccccc3n(-c3ccccc3)c2c1-n1c2ccc(C(C)(C)C)cc2c2cc(C(C)(C)C)ccc21. The summed E-state index contributed by atoms with van der Waals surface area (Å²) in [4.78, 5) is 0. The van der Waals surface area contributed by atoms with Crippen molar-refractivity contribution in [2.45, 2.75) is 209 Å². The monoisotopic (exact) mass is 1640 g/mol. The maximum atomic E-state index is 11.7. The van der Waals surface area contributed by atoms with Gasteiger partial charge in [0.05, 0.1) is 106 Å². The van der Waals surface area contributed by atoms with E-state index in [1.54, 1.807) is 0 Å². The zero-order valence-electron chi connectivity index (χ0n) is 78.0. The molecule has 0 bridgehead atoms. The van der Waals surface area contributed by atoms with E-state index >= 15 is 0 Å². The summed E-state index contributed by atoms with van der Waals surface area (Å²) in [5.41, 5.74) is 30.4. The predicted molar refractivity (Wildman–Crippen MR) is 538 cm³/mol. The van der Waals surface area contributed by atoms with Crippen molar-refractivity contribution in [3.8, 4) is 46.3 Å². The maximum Gasteiger partial charge on any atom is 0.102 e. The van der Waals surface area contributed by atoms with Crippen LogP contribution in [0.15, 0.2) is 267 Å². The number of rotatable bonds is 6. The first-order valence-corrected chi connectivity index (χ1v) is 45.0. The van der Waals surface area contributed by atoms with E-state index in [1.807, 2.05) is 0 Å². The van der Waals surface area contributed by atoms with Gasteiger partial charge in [-0.15, -0.1) is 0 Å². The topological polar surface area (TPSA) is 77.2 Å². The highest BCUT2D eigenvalue weighted by molar-refractivity contribution is 6.22. The van der Waals surface area contributed by atoms with Crippen molar-refractivity contribution in [1.29, 1.82) is 10.5 Å². The van der Waals surface area contributed by atoms with Crippen molar-refractivity contribution in [3.63, 3.8) is 0 Å². The van der Waals surface area contributed by atoms with Crippen LogP contribution in [0.5, 0.6) is 0 Å². The molecule has 6 aromatic heterocycles. The highest BCUT2D eigenvalue weighted by atomic mass is 15.1. The molecule has 0 fully saturated rings. The van der Waals surface area contributed by atoms with Gasteiger partial charge < -0.3 is 27.4 Å². The number of fused-ring (bicyclic) bond motifs is 18. The summed E-state index contributed by atoms with van der Waals surface area (Å²) in [6.07, 6.45) is 0. The molecule has 0 aliphatic rings. The van der Waals surface area contributed by atoms with Crippen molar-refractivity contribution in [3.05, 3.63) is 323 Å². The molecule has 0 radical (unpaired) electrons. The zero-order valence-corrected chi connectivity index (χ0v) is 78.0. The van der Waals surface area contributed by atoms with Crippen LogP contribution < -0.4 is 0 Å². The van der Waals surface area contributed by atoms with E-state index < -0.39 is 0 Å². The molecule has 0 atom stereocenters. The summed E-state index contributed by atoms with van der Waals surface area (Å²) >= 11 is 0. The first-order chi connectivity index (χ1) is 59.5. The molecule has 0 saturated carbocycles. The minimum Gasteiger partial charge on any atom is -0.308 e. The number of aromatic nitrogens is 6. The molecular formula is C118H116N8. The second-order valence-electron chi connectivity index (χ2n) is 43.8. The van der Waals surface area contributed by atoms with Gasteiger partial charge in [0, 0.05) is 76.0 Å². The second-order valence-corrected chi connectivity index (χ2v) is 43.8. The van der Waals surface area contributed by atoms with Crippen molar-refractivity contribution in [2.75, 3.05) is 0 Å². The van der Waals surface area contributed by atoms with Gasteiger partial charge in [0.1, 0.15) is 6.07 Å². The minimum atomic E-state index is -0.0440. The third-order valence-corrected chi connectivity index (χ3v) is 27.0. The predicted octanol–water partition coefficient (Wildman–Crippen LogP) is 32.1. The number of nitrogens with zero attached hydrogens (tertiary/aromatic N) is 8. The number of hydrogen-bond acceptors (Lipinski definition) is 2. The maximum absolute atomic E-state index is 11.7. The number of benzene rings is 14. The largest absolute Gasteiger partial charge is 0.308 e. The summed E-state index contributed by atoms with van der Waals surface area (Å²) in [5, 5.41) is 36.8. The van der Waals surface area contributed by atoms with E-state index in [0.29, 0.717) is 11.1 Å². The Hall–Kier alpha value is -13.1. The highest BCUT2D eigenvalue weighted by Gasteiger charge is 2.34. The Morgan fingerprint density at radius 2 is 0.444 bits per heavy atom. The molecule has 0 unspecified atom stereocenters. The van der Waals surface area contributed by atoms with Crippen LogP contribution in [-0.4, -0.2) is 27.4 Å². The summed E-state index contributed by atoms with van der Waals surface area (Å²) in [5.74, 6) is 0. The molecule has 6 heterocycles. The Balaban J connectivity index is 0.000000165. The van der Waals surface area contributed by atoms with E-state index in [1.165, 1.54) is 87.6 Å². The molecule has 0 aliphatic heterocycles. The Labute approximate surface area is 742 Å².